The van der Waals surface area contributed by atoms with Gasteiger partial charge in [-0.15, -0.1) is 0 Å². The van der Waals surface area contributed by atoms with Crippen LogP contribution in [0.3, 0.4) is 0 Å². The molecule has 142 valence electrons. The zero-order chi connectivity index (χ0) is 19.0. The highest BCUT2D eigenvalue weighted by molar-refractivity contribution is 6.01. The van der Waals surface area contributed by atoms with Crippen molar-refractivity contribution >= 4 is 11.9 Å². The fourth-order valence-corrected chi connectivity index (χ4v) is 4.66. The molecule has 2 atom stereocenters. The van der Waals surface area contributed by atoms with Gasteiger partial charge in [0.15, 0.2) is 5.41 Å². The smallest absolute Gasteiger partial charge is 0.323 e. The van der Waals surface area contributed by atoms with Crippen LogP contribution in [0.5, 0.6) is 0 Å². The first-order valence-corrected chi connectivity index (χ1v) is 9.40. The van der Waals surface area contributed by atoms with Crippen LogP contribution in [-0.2, 0) is 23.8 Å². The summed E-state index contributed by atoms with van der Waals surface area (Å²) in [6.45, 7) is 0. The molecular formula is C22H24O5. The van der Waals surface area contributed by atoms with Crippen LogP contribution in [-0.4, -0.2) is 32.3 Å². The molecule has 0 N–H and O–H groups in total. The Morgan fingerprint density at radius 1 is 1.11 bits per heavy atom. The highest BCUT2D eigenvalue weighted by atomic mass is 16.5. The Balaban J connectivity index is 1.82. The van der Waals surface area contributed by atoms with E-state index in [1.807, 2.05) is 24.3 Å². The molecule has 0 spiro atoms. The summed E-state index contributed by atoms with van der Waals surface area (Å²) in [4.78, 5) is 25.2. The van der Waals surface area contributed by atoms with Crippen LogP contribution in [0.25, 0.3) is 0 Å². The number of carbonyl (C=O) groups excluding carboxylic acids is 2. The summed E-state index contributed by atoms with van der Waals surface area (Å²) in [5.74, 6) is -1.06. The number of fused-ring (bicyclic) bond motifs is 2. The first-order valence-electron chi connectivity index (χ1n) is 9.40. The van der Waals surface area contributed by atoms with Crippen LogP contribution in [0.1, 0.15) is 43.8 Å². The van der Waals surface area contributed by atoms with Gasteiger partial charge < -0.3 is 14.2 Å². The number of allylic oxidation sites excluding steroid dienone is 1. The SMILES string of the molecule is COC(=O)C1(C(=O)OC)CC=C2C(=C3CCC[C@@H]3O[C@H]2c2ccccc2)C1. The minimum absolute atomic E-state index is 0.0495. The van der Waals surface area contributed by atoms with Crippen LogP contribution >= 0.6 is 0 Å². The van der Waals surface area contributed by atoms with E-state index in [1.165, 1.54) is 19.8 Å². The Hall–Kier alpha value is -2.40. The van der Waals surface area contributed by atoms with Gasteiger partial charge in [-0.3, -0.25) is 9.59 Å². The second kappa shape index (κ2) is 6.97. The molecule has 3 aliphatic rings. The Labute approximate surface area is 159 Å². The predicted molar refractivity (Wildman–Crippen MR) is 98.7 cm³/mol. The van der Waals surface area contributed by atoms with Crippen molar-refractivity contribution in [3.63, 3.8) is 0 Å². The van der Waals surface area contributed by atoms with Crippen molar-refractivity contribution in [3.8, 4) is 0 Å². The van der Waals surface area contributed by atoms with Crippen LogP contribution < -0.4 is 0 Å². The van der Waals surface area contributed by atoms with Crippen molar-refractivity contribution in [1.29, 1.82) is 0 Å². The molecule has 2 aliphatic carbocycles. The minimum atomic E-state index is -1.30. The van der Waals surface area contributed by atoms with E-state index in [-0.39, 0.29) is 18.6 Å². The number of hydrogen-bond acceptors (Lipinski definition) is 5. The molecule has 0 saturated heterocycles. The fraction of sp³-hybridized carbons (Fsp3) is 0.455. The summed E-state index contributed by atoms with van der Waals surface area (Å²) >= 11 is 0. The Bertz CT molecular complexity index is 804. The van der Waals surface area contributed by atoms with Gasteiger partial charge in [0.2, 0.25) is 0 Å². The zero-order valence-electron chi connectivity index (χ0n) is 15.7. The second-order valence-electron chi connectivity index (χ2n) is 7.42. The number of hydrogen-bond donors (Lipinski definition) is 0. The van der Waals surface area contributed by atoms with Crippen molar-refractivity contribution in [2.45, 2.75) is 44.3 Å². The molecule has 0 radical (unpaired) electrons. The van der Waals surface area contributed by atoms with E-state index in [2.05, 4.69) is 12.1 Å². The number of carbonyl (C=O) groups is 2. The average Bonchev–Trinajstić information content (AvgIpc) is 3.21. The lowest BCUT2D eigenvalue weighted by Crippen LogP contribution is -2.44. The molecule has 1 aromatic rings. The van der Waals surface area contributed by atoms with Gasteiger partial charge in [-0.25, -0.2) is 0 Å². The first kappa shape index (κ1) is 18.0. The maximum atomic E-state index is 12.6. The van der Waals surface area contributed by atoms with Gasteiger partial charge in [-0.05, 0) is 54.4 Å². The molecule has 5 nitrogen and oxygen atoms in total. The van der Waals surface area contributed by atoms with E-state index in [4.69, 9.17) is 14.2 Å². The summed E-state index contributed by atoms with van der Waals surface area (Å²) < 4.78 is 16.4. The van der Waals surface area contributed by atoms with Crippen molar-refractivity contribution in [1.82, 2.24) is 0 Å². The summed E-state index contributed by atoms with van der Waals surface area (Å²) in [6, 6.07) is 10.1. The van der Waals surface area contributed by atoms with Crippen molar-refractivity contribution in [2.24, 2.45) is 5.41 Å². The van der Waals surface area contributed by atoms with Crippen molar-refractivity contribution in [2.75, 3.05) is 14.2 Å². The standard InChI is InChI=1S/C22H24O5/c1-25-20(23)22(21(24)26-2)12-11-16-17(13-22)15-9-6-10-18(15)27-19(16)14-7-4-3-5-8-14/h3-5,7-8,11,18-19H,6,9-10,12-13H2,1-2H3/t18-,19-/m0/s1. The third-order valence-electron chi connectivity index (χ3n) is 6.02. The molecule has 1 heterocycles. The average molecular weight is 368 g/mol. The molecule has 1 aliphatic heterocycles. The quantitative estimate of drug-likeness (QED) is 0.602. The number of ether oxygens (including phenoxy) is 3. The predicted octanol–water partition coefficient (Wildman–Crippen LogP) is 3.66. The molecule has 0 unspecified atom stereocenters. The lowest BCUT2D eigenvalue weighted by Gasteiger charge is -2.40. The van der Waals surface area contributed by atoms with Crippen molar-refractivity contribution in [3.05, 3.63) is 58.7 Å². The van der Waals surface area contributed by atoms with Crippen LogP contribution in [0, 0.1) is 5.41 Å². The molecule has 1 saturated carbocycles. The fourth-order valence-electron chi connectivity index (χ4n) is 4.66. The Morgan fingerprint density at radius 2 is 1.81 bits per heavy atom. The number of esters is 2. The lowest BCUT2D eigenvalue weighted by molar-refractivity contribution is -0.169. The highest BCUT2D eigenvalue weighted by Crippen LogP contribution is 2.52. The molecule has 0 bridgehead atoms. The van der Waals surface area contributed by atoms with Crippen LogP contribution in [0.4, 0.5) is 0 Å². The Kier molecular flexibility index (Phi) is 4.64. The van der Waals surface area contributed by atoms with E-state index in [1.54, 1.807) is 0 Å². The molecule has 5 heteroatoms. The molecule has 4 rings (SSSR count). The Morgan fingerprint density at radius 3 is 2.48 bits per heavy atom. The second-order valence-corrected chi connectivity index (χ2v) is 7.42. The maximum absolute atomic E-state index is 12.6. The summed E-state index contributed by atoms with van der Waals surface area (Å²) in [5, 5.41) is 0. The van der Waals surface area contributed by atoms with Gasteiger partial charge >= 0.3 is 11.9 Å². The maximum Gasteiger partial charge on any atom is 0.323 e. The van der Waals surface area contributed by atoms with Gasteiger partial charge in [0, 0.05) is 0 Å². The summed E-state index contributed by atoms with van der Waals surface area (Å²) in [7, 11) is 2.64. The molecule has 1 aromatic carbocycles. The van der Waals surface area contributed by atoms with E-state index in [0.29, 0.717) is 6.42 Å². The largest absolute Gasteiger partial charge is 0.468 e. The lowest BCUT2D eigenvalue weighted by atomic mass is 9.68. The molecular weight excluding hydrogens is 344 g/mol. The van der Waals surface area contributed by atoms with Gasteiger partial charge in [-0.2, -0.15) is 0 Å². The third-order valence-corrected chi connectivity index (χ3v) is 6.02. The van der Waals surface area contributed by atoms with E-state index >= 15 is 0 Å². The monoisotopic (exact) mass is 368 g/mol. The van der Waals surface area contributed by atoms with E-state index < -0.39 is 17.4 Å². The van der Waals surface area contributed by atoms with Crippen LogP contribution in [0.2, 0.25) is 0 Å². The molecule has 1 fully saturated rings. The molecule has 0 amide bonds. The van der Waals surface area contributed by atoms with Gasteiger partial charge in [-0.1, -0.05) is 36.4 Å². The summed E-state index contributed by atoms with van der Waals surface area (Å²) in [6.07, 6.45) is 5.41. The number of rotatable bonds is 3. The number of benzene rings is 1. The zero-order valence-corrected chi connectivity index (χ0v) is 15.7. The van der Waals surface area contributed by atoms with Crippen LogP contribution in [0.15, 0.2) is 53.1 Å². The van der Waals surface area contributed by atoms with Gasteiger partial charge in [0.05, 0.1) is 20.3 Å². The minimum Gasteiger partial charge on any atom is -0.468 e. The molecule has 27 heavy (non-hydrogen) atoms. The topological polar surface area (TPSA) is 61.8 Å². The molecule has 0 aromatic heterocycles. The first-order chi connectivity index (χ1) is 13.1. The van der Waals surface area contributed by atoms with Crippen molar-refractivity contribution < 1.29 is 23.8 Å². The highest BCUT2D eigenvalue weighted by Gasteiger charge is 2.53. The number of methoxy groups -OCH3 is 2. The van der Waals surface area contributed by atoms with Gasteiger partial charge in [0.25, 0.3) is 0 Å². The van der Waals surface area contributed by atoms with E-state index in [0.717, 1.165) is 36.0 Å². The summed E-state index contributed by atoms with van der Waals surface area (Å²) in [5.41, 5.74) is 3.18. The third kappa shape index (κ3) is 2.81. The van der Waals surface area contributed by atoms with Gasteiger partial charge in [0.1, 0.15) is 6.10 Å². The normalized spacial score (nSPS) is 25.9. The van der Waals surface area contributed by atoms with E-state index in [9.17, 15) is 9.59 Å².